The first-order valence-corrected chi connectivity index (χ1v) is 6.42. The molecule has 23 heavy (non-hydrogen) atoms. The lowest BCUT2D eigenvalue weighted by Gasteiger charge is -2.30. The summed E-state index contributed by atoms with van der Waals surface area (Å²) in [5, 5.41) is 20.9. The number of ether oxygens (including phenoxy) is 2. The fraction of sp³-hybridized carbons (Fsp3) is 0.286. The van der Waals surface area contributed by atoms with E-state index in [1.165, 1.54) is 13.8 Å². The van der Waals surface area contributed by atoms with Crippen molar-refractivity contribution in [2.75, 3.05) is 0 Å². The number of nitro benzene ring substituents is 1. The van der Waals surface area contributed by atoms with Crippen LogP contribution in [-0.4, -0.2) is 27.8 Å². The van der Waals surface area contributed by atoms with Crippen molar-refractivity contribution in [2.45, 2.75) is 26.1 Å². The van der Waals surface area contributed by atoms with Gasteiger partial charge in [0.05, 0.1) is 4.92 Å². The maximum atomic E-state index is 13.3. The molecule has 0 saturated carbocycles. The van der Waals surface area contributed by atoms with Crippen LogP contribution in [0.25, 0.3) is 0 Å². The van der Waals surface area contributed by atoms with E-state index in [1.54, 1.807) is 0 Å². The number of aliphatic hydroxyl groups excluding tert-OH is 1. The number of carbonyl (C=O) groups excluding carboxylic acids is 2. The molecule has 9 heteroatoms. The van der Waals surface area contributed by atoms with Crippen LogP contribution in [0, 0.1) is 15.9 Å². The van der Waals surface area contributed by atoms with E-state index in [0.717, 1.165) is 18.2 Å². The molecule has 1 aliphatic rings. The van der Waals surface area contributed by atoms with Gasteiger partial charge in [-0.15, -0.1) is 0 Å². The molecule has 1 aliphatic heterocycles. The first-order chi connectivity index (χ1) is 10.6. The molecule has 0 amide bonds. The Hall–Kier alpha value is -2.97. The predicted octanol–water partition coefficient (Wildman–Crippen LogP) is 1.92. The minimum Gasteiger partial charge on any atom is -0.511 e. The standard InChI is InChI=1S/C14H12FNO7/c1-14(2)22-12(18)11(13(19)23-14)10(17)6-7-5-8(15)3-4-9(7)16(20)21/h3-5,17H,6H2,1-2H3. The fourth-order valence-corrected chi connectivity index (χ4v) is 2.03. The van der Waals surface area contributed by atoms with Gasteiger partial charge in [0.25, 0.3) is 11.5 Å². The Kier molecular flexibility index (Phi) is 4.04. The van der Waals surface area contributed by atoms with Gasteiger partial charge in [-0.3, -0.25) is 10.1 Å². The number of aliphatic hydroxyl groups is 1. The number of allylic oxidation sites excluding steroid dienone is 1. The van der Waals surface area contributed by atoms with Crippen LogP contribution in [0.4, 0.5) is 10.1 Å². The Labute approximate surface area is 129 Å². The normalized spacial score (nSPS) is 16.6. The highest BCUT2D eigenvalue weighted by Gasteiger charge is 2.41. The smallest absolute Gasteiger partial charge is 0.352 e. The second kappa shape index (κ2) is 5.67. The molecular formula is C14H12FNO7. The molecular weight excluding hydrogens is 313 g/mol. The Morgan fingerprint density at radius 1 is 1.30 bits per heavy atom. The van der Waals surface area contributed by atoms with E-state index in [2.05, 4.69) is 0 Å². The van der Waals surface area contributed by atoms with Crippen LogP contribution in [0.5, 0.6) is 0 Å². The molecule has 0 radical (unpaired) electrons. The van der Waals surface area contributed by atoms with Gasteiger partial charge in [-0.25, -0.2) is 14.0 Å². The number of benzene rings is 1. The van der Waals surface area contributed by atoms with E-state index in [0.29, 0.717) is 0 Å². The van der Waals surface area contributed by atoms with Gasteiger partial charge in [-0.1, -0.05) is 0 Å². The zero-order valence-electron chi connectivity index (χ0n) is 12.2. The van der Waals surface area contributed by atoms with E-state index in [1.807, 2.05) is 0 Å². The molecule has 1 saturated heterocycles. The van der Waals surface area contributed by atoms with Gasteiger partial charge in [0.15, 0.2) is 5.57 Å². The third-order valence-corrected chi connectivity index (χ3v) is 2.97. The Morgan fingerprint density at radius 2 is 1.87 bits per heavy atom. The first kappa shape index (κ1) is 16.4. The SMILES string of the molecule is CC1(C)OC(=O)C(=C(O)Cc2cc(F)ccc2[N+](=O)[O-])C(=O)O1. The van der Waals surface area contributed by atoms with Crippen molar-refractivity contribution in [3.63, 3.8) is 0 Å². The molecule has 0 aliphatic carbocycles. The molecule has 1 fully saturated rings. The first-order valence-electron chi connectivity index (χ1n) is 6.42. The zero-order chi connectivity index (χ0) is 17.4. The average molecular weight is 325 g/mol. The molecule has 0 unspecified atom stereocenters. The van der Waals surface area contributed by atoms with Crippen molar-refractivity contribution in [3.8, 4) is 0 Å². The highest BCUT2D eigenvalue weighted by atomic mass is 19.1. The number of carbonyl (C=O) groups is 2. The van der Waals surface area contributed by atoms with Crippen LogP contribution < -0.4 is 0 Å². The second-order valence-electron chi connectivity index (χ2n) is 5.21. The van der Waals surface area contributed by atoms with E-state index in [4.69, 9.17) is 9.47 Å². The summed E-state index contributed by atoms with van der Waals surface area (Å²) in [6.07, 6.45) is -0.603. The molecule has 1 aromatic carbocycles. The molecule has 1 N–H and O–H groups in total. The lowest BCUT2D eigenvalue weighted by molar-refractivity contribution is -0.385. The molecule has 8 nitrogen and oxygen atoms in total. The van der Waals surface area contributed by atoms with Gasteiger partial charge >= 0.3 is 11.9 Å². The van der Waals surface area contributed by atoms with Crippen molar-refractivity contribution in [2.24, 2.45) is 0 Å². The van der Waals surface area contributed by atoms with Crippen LogP contribution in [0.3, 0.4) is 0 Å². The van der Waals surface area contributed by atoms with Crippen molar-refractivity contribution in [1.82, 2.24) is 0 Å². The summed E-state index contributed by atoms with van der Waals surface area (Å²) in [6, 6.07) is 2.64. The predicted molar refractivity (Wildman–Crippen MR) is 72.7 cm³/mol. The quantitative estimate of drug-likeness (QED) is 0.225. The number of halogens is 1. The van der Waals surface area contributed by atoms with Crippen LogP contribution in [-0.2, 0) is 25.5 Å². The lowest BCUT2D eigenvalue weighted by Crippen LogP contribution is -2.42. The lowest BCUT2D eigenvalue weighted by atomic mass is 10.0. The molecule has 0 bridgehead atoms. The van der Waals surface area contributed by atoms with Gasteiger partial charge < -0.3 is 14.6 Å². The topological polar surface area (TPSA) is 116 Å². The van der Waals surface area contributed by atoms with Crippen molar-refractivity contribution >= 4 is 17.6 Å². The summed E-state index contributed by atoms with van der Waals surface area (Å²) >= 11 is 0. The molecule has 122 valence electrons. The largest absolute Gasteiger partial charge is 0.511 e. The van der Waals surface area contributed by atoms with Crippen LogP contribution in [0.2, 0.25) is 0 Å². The van der Waals surface area contributed by atoms with Gasteiger partial charge in [0, 0.05) is 31.9 Å². The van der Waals surface area contributed by atoms with Crippen molar-refractivity contribution in [1.29, 1.82) is 0 Å². The van der Waals surface area contributed by atoms with Crippen molar-refractivity contribution in [3.05, 3.63) is 51.0 Å². The highest BCUT2D eigenvalue weighted by molar-refractivity contribution is 6.15. The van der Waals surface area contributed by atoms with E-state index in [9.17, 15) is 29.2 Å². The molecule has 2 rings (SSSR count). The van der Waals surface area contributed by atoms with Gasteiger partial charge in [0.1, 0.15) is 11.6 Å². The number of nitrogens with zero attached hydrogens (tertiary/aromatic N) is 1. The molecule has 0 aromatic heterocycles. The third-order valence-electron chi connectivity index (χ3n) is 2.97. The van der Waals surface area contributed by atoms with E-state index in [-0.39, 0.29) is 5.56 Å². The summed E-state index contributed by atoms with van der Waals surface area (Å²) in [4.78, 5) is 33.7. The monoisotopic (exact) mass is 325 g/mol. The summed E-state index contributed by atoms with van der Waals surface area (Å²) < 4.78 is 22.9. The Bertz CT molecular complexity index is 717. The summed E-state index contributed by atoms with van der Waals surface area (Å²) in [5.41, 5.74) is -1.44. The van der Waals surface area contributed by atoms with Gasteiger partial charge in [0.2, 0.25) is 0 Å². The van der Waals surface area contributed by atoms with Crippen LogP contribution in [0.15, 0.2) is 29.5 Å². The van der Waals surface area contributed by atoms with Gasteiger partial charge in [-0.2, -0.15) is 0 Å². The molecule has 0 atom stereocenters. The van der Waals surface area contributed by atoms with Gasteiger partial charge in [-0.05, 0) is 12.1 Å². The van der Waals surface area contributed by atoms with Crippen LogP contribution in [0.1, 0.15) is 19.4 Å². The minimum absolute atomic E-state index is 0.203. The number of rotatable bonds is 3. The number of cyclic esters (lactones) is 2. The maximum absolute atomic E-state index is 13.3. The molecule has 1 heterocycles. The fourth-order valence-electron chi connectivity index (χ4n) is 2.03. The molecule has 1 aromatic rings. The summed E-state index contributed by atoms with van der Waals surface area (Å²) in [7, 11) is 0. The Balaban J connectivity index is 2.40. The number of esters is 2. The second-order valence-corrected chi connectivity index (χ2v) is 5.21. The molecule has 0 spiro atoms. The van der Waals surface area contributed by atoms with E-state index >= 15 is 0 Å². The maximum Gasteiger partial charge on any atom is 0.352 e. The Morgan fingerprint density at radius 3 is 2.39 bits per heavy atom. The summed E-state index contributed by atoms with van der Waals surface area (Å²) in [5.74, 6) is -5.30. The highest BCUT2D eigenvalue weighted by Crippen LogP contribution is 2.27. The van der Waals surface area contributed by atoms with E-state index < -0.39 is 51.9 Å². The number of nitro groups is 1. The minimum atomic E-state index is -1.48. The average Bonchev–Trinajstić information content (AvgIpc) is 2.35. The number of hydrogen-bond acceptors (Lipinski definition) is 7. The zero-order valence-corrected chi connectivity index (χ0v) is 12.2. The third kappa shape index (κ3) is 3.44. The number of hydrogen-bond donors (Lipinski definition) is 1. The van der Waals surface area contributed by atoms with Crippen LogP contribution >= 0.6 is 0 Å². The van der Waals surface area contributed by atoms with Crippen molar-refractivity contribution < 1.29 is 33.5 Å². The summed E-state index contributed by atoms with van der Waals surface area (Å²) in [6.45, 7) is 2.65.